The van der Waals surface area contributed by atoms with Gasteiger partial charge in [-0.05, 0) is 29.3 Å². The molecule has 2 aromatic rings. The molecule has 1 N–H and O–H groups in total. The van der Waals surface area contributed by atoms with Crippen molar-refractivity contribution in [3.05, 3.63) is 69.7 Å². The molecule has 4 amide bonds. The summed E-state index contributed by atoms with van der Waals surface area (Å²) in [6.07, 6.45) is 0.0787. The summed E-state index contributed by atoms with van der Waals surface area (Å²) in [5, 5.41) is 1.81. The number of benzene rings is 2. The fourth-order valence-corrected chi connectivity index (χ4v) is 4.99. The number of halogens is 3. The van der Waals surface area contributed by atoms with Crippen molar-refractivity contribution in [3.8, 4) is 0 Å². The minimum Gasteiger partial charge on any atom is -0.384 e. The van der Waals surface area contributed by atoms with Gasteiger partial charge in [-0.2, -0.15) is 8.78 Å². The minimum atomic E-state index is -3.74. The zero-order valence-electron chi connectivity index (χ0n) is 20.3. The number of imide groups is 1. The highest BCUT2D eigenvalue weighted by atomic mass is 35.5. The fraction of sp³-hybridized carbons (Fsp3) is 0.273. The monoisotopic (exact) mass is 509 g/mol. The van der Waals surface area contributed by atoms with Gasteiger partial charge in [-0.1, -0.05) is 41.1 Å². The van der Waals surface area contributed by atoms with Crippen LogP contribution in [0, 0.1) is 0 Å². The van der Waals surface area contributed by atoms with Crippen molar-refractivity contribution < 1.29 is 28.0 Å². The Balaban J connectivity index is 1.55. The molecule has 2 aliphatic rings. The van der Waals surface area contributed by atoms with Crippen LogP contribution in [0.4, 0.5) is 8.78 Å². The van der Waals surface area contributed by atoms with Crippen LogP contribution in [0.3, 0.4) is 0 Å². The third-order valence-electron chi connectivity index (χ3n) is 7.37. The number of piperidine rings is 1. The van der Waals surface area contributed by atoms with E-state index in [0.29, 0.717) is 16.7 Å². The number of amides is 4. The first-order chi connectivity index (χ1) is 16.7. The van der Waals surface area contributed by atoms with Gasteiger partial charge in [-0.15, -0.1) is 0 Å². The van der Waals surface area contributed by atoms with Gasteiger partial charge >= 0.3 is 5.92 Å². The molecule has 0 saturated carbocycles. The summed E-state index contributed by atoms with van der Waals surface area (Å²) in [7, 11) is 6.47. The molecule has 4 rings (SSSR count). The molecule has 7 nitrogen and oxygen atoms in total. The van der Waals surface area contributed by atoms with Crippen molar-refractivity contribution in [2.24, 2.45) is 0 Å². The van der Waals surface area contributed by atoms with Gasteiger partial charge in [0.15, 0.2) is 0 Å². The molecule has 2 aromatic carbocycles. The van der Waals surface area contributed by atoms with Crippen LogP contribution < -0.4 is 5.32 Å². The lowest BCUT2D eigenvalue weighted by molar-refractivity contribution is -0.154. The van der Waals surface area contributed by atoms with E-state index in [2.05, 4.69) is 5.32 Å². The van der Waals surface area contributed by atoms with E-state index in [1.165, 1.54) is 25.0 Å². The molecule has 0 aliphatic carbocycles. The number of carbonyl (C=O) groups excluding carboxylic acids is 4. The standard InChI is InChI=1S/C22H22B4ClF2N3O4/c23-20(24)8-16(33)30-18(35)22(20,25)31-10-12-7-11(1-6-15(12)17(31)34)9-32(26)19(36)21(28,29)13-2-4-14(27)5-3-13/h1-7H,8-10,23-26H2,(H,30,33,35)/t22-/m0/s1. The van der Waals surface area contributed by atoms with E-state index in [0.717, 1.165) is 16.9 Å². The SMILES string of the molecule is BN(Cc1ccc2c(c1)CN([C@@]1(B)C(=O)NC(=O)CC1(B)B)C2=O)C(=O)C(F)(F)c1ccc(Cl)cc1. The Morgan fingerprint density at radius 1 is 1.11 bits per heavy atom. The summed E-state index contributed by atoms with van der Waals surface area (Å²) in [6, 6.07) is 9.67. The lowest BCUT2D eigenvalue weighted by Crippen LogP contribution is -2.70. The number of hydrogen-bond donors (Lipinski definition) is 1. The molecule has 0 spiro atoms. The van der Waals surface area contributed by atoms with Crippen LogP contribution in [0.25, 0.3) is 0 Å². The molecule has 2 heterocycles. The average molecular weight is 509 g/mol. The number of alkyl halides is 2. The molecule has 14 heteroatoms. The molecule has 1 saturated heterocycles. The highest BCUT2D eigenvalue weighted by molar-refractivity contribution is 6.52. The van der Waals surface area contributed by atoms with Crippen LogP contribution in [0.1, 0.15) is 33.5 Å². The normalized spacial score (nSPS) is 21.2. The van der Waals surface area contributed by atoms with E-state index in [9.17, 15) is 28.0 Å². The summed E-state index contributed by atoms with van der Waals surface area (Å²) in [5.74, 6) is -6.40. The van der Waals surface area contributed by atoms with Crippen molar-refractivity contribution in [3.63, 3.8) is 0 Å². The van der Waals surface area contributed by atoms with Gasteiger partial charge in [-0.3, -0.25) is 24.5 Å². The quantitative estimate of drug-likeness (QED) is 0.403. The highest BCUT2D eigenvalue weighted by Crippen LogP contribution is 2.44. The van der Waals surface area contributed by atoms with Gasteiger partial charge in [0.1, 0.15) is 23.5 Å². The maximum absolute atomic E-state index is 14.8. The Labute approximate surface area is 215 Å². The minimum absolute atomic E-state index is 0.0787. The molecule has 0 radical (unpaired) electrons. The third-order valence-corrected chi connectivity index (χ3v) is 7.62. The van der Waals surface area contributed by atoms with Gasteiger partial charge in [-0.25, -0.2) is 0 Å². The first kappa shape index (κ1) is 26.0. The predicted octanol–water partition coefficient (Wildman–Crippen LogP) is -1.28. The van der Waals surface area contributed by atoms with E-state index in [-0.39, 0.29) is 30.4 Å². The lowest BCUT2D eigenvalue weighted by Gasteiger charge is -2.51. The molecule has 36 heavy (non-hydrogen) atoms. The first-order valence-electron chi connectivity index (χ1n) is 11.4. The Morgan fingerprint density at radius 3 is 2.36 bits per heavy atom. The van der Waals surface area contributed by atoms with Crippen LogP contribution in [0.2, 0.25) is 10.2 Å². The van der Waals surface area contributed by atoms with Crippen LogP contribution in [0.5, 0.6) is 0 Å². The van der Waals surface area contributed by atoms with E-state index in [1.807, 2.05) is 0 Å². The Kier molecular flexibility index (Phi) is 6.35. The Bertz CT molecular complexity index is 1290. The van der Waals surface area contributed by atoms with Crippen LogP contribution >= 0.6 is 11.6 Å². The second kappa shape index (κ2) is 8.80. The molecular formula is C22H22B4ClF2N3O4. The average Bonchev–Trinajstić information content (AvgIpc) is 3.12. The topological polar surface area (TPSA) is 86.8 Å². The number of hydrogen-bond acceptors (Lipinski definition) is 4. The molecule has 0 bridgehead atoms. The molecule has 2 aliphatic heterocycles. The zero-order valence-corrected chi connectivity index (χ0v) is 21.1. The third kappa shape index (κ3) is 4.13. The van der Waals surface area contributed by atoms with E-state index < -0.39 is 39.9 Å². The second-order valence-electron chi connectivity index (χ2n) is 10.1. The fourth-order valence-electron chi connectivity index (χ4n) is 4.86. The van der Waals surface area contributed by atoms with Crippen molar-refractivity contribution in [1.29, 1.82) is 0 Å². The van der Waals surface area contributed by atoms with Crippen molar-refractivity contribution >= 4 is 66.7 Å². The van der Waals surface area contributed by atoms with Crippen LogP contribution in [-0.2, 0) is 33.4 Å². The van der Waals surface area contributed by atoms with Crippen molar-refractivity contribution in [2.45, 2.75) is 36.1 Å². The number of fused-ring (bicyclic) bond motifs is 1. The zero-order chi connectivity index (χ0) is 26.6. The van der Waals surface area contributed by atoms with Crippen molar-refractivity contribution in [2.75, 3.05) is 0 Å². The highest BCUT2D eigenvalue weighted by Gasteiger charge is 2.57. The summed E-state index contributed by atoms with van der Waals surface area (Å²) < 4.78 is 29.6. The van der Waals surface area contributed by atoms with E-state index >= 15 is 0 Å². The number of nitrogens with one attached hydrogen (secondary N) is 1. The first-order valence-corrected chi connectivity index (χ1v) is 11.7. The summed E-state index contributed by atoms with van der Waals surface area (Å²) >= 11 is 5.76. The predicted molar refractivity (Wildman–Crippen MR) is 140 cm³/mol. The maximum Gasteiger partial charge on any atom is 0.348 e. The van der Waals surface area contributed by atoms with Crippen LogP contribution in [0.15, 0.2) is 42.5 Å². The van der Waals surface area contributed by atoms with E-state index in [1.54, 1.807) is 41.7 Å². The molecule has 0 aromatic heterocycles. The van der Waals surface area contributed by atoms with Gasteiger partial charge in [0, 0.05) is 35.7 Å². The number of carbonyl (C=O) groups is 4. The number of nitrogens with zero attached hydrogens (tertiary/aromatic N) is 2. The molecule has 0 unspecified atom stereocenters. The van der Waals surface area contributed by atoms with Crippen LogP contribution in [-0.4, -0.2) is 70.3 Å². The Morgan fingerprint density at radius 2 is 1.75 bits per heavy atom. The van der Waals surface area contributed by atoms with Gasteiger partial charge in [0.2, 0.25) is 19.8 Å². The van der Waals surface area contributed by atoms with Crippen molar-refractivity contribution in [1.82, 2.24) is 15.0 Å². The molecule has 1 fully saturated rings. The van der Waals surface area contributed by atoms with Gasteiger partial charge in [0.05, 0.1) is 5.44 Å². The summed E-state index contributed by atoms with van der Waals surface area (Å²) in [6.45, 7) is 0.00335. The number of rotatable bonds is 5. The maximum atomic E-state index is 14.8. The summed E-state index contributed by atoms with van der Waals surface area (Å²) in [4.78, 5) is 53.1. The molecule has 1 atom stereocenters. The largest absolute Gasteiger partial charge is 0.384 e. The molecule has 182 valence electrons. The molecular weight excluding hydrogens is 487 g/mol. The smallest absolute Gasteiger partial charge is 0.348 e. The van der Waals surface area contributed by atoms with Gasteiger partial charge < -0.3 is 9.71 Å². The lowest BCUT2D eigenvalue weighted by atomic mass is 9.36. The Hall–Kier alpha value is -3.07. The van der Waals surface area contributed by atoms with Gasteiger partial charge in [0.25, 0.3) is 11.8 Å². The van der Waals surface area contributed by atoms with E-state index in [4.69, 9.17) is 11.6 Å². The summed E-state index contributed by atoms with van der Waals surface area (Å²) in [5.41, 5.74) is -0.173. The second-order valence-corrected chi connectivity index (χ2v) is 10.6.